The first-order valence-corrected chi connectivity index (χ1v) is 14.3. The van der Waals surface area contributed by atoms with Gasteiger partial charge in [-0.05, 0) is 67.8 Å². The Hall–Kier alpha value is -0.590. The number of carbonyl (C=O) groups is 1. The number of Topliss-reactive ketones (excluding diaryl/α,β-unsaturated/α-hetero) is 1. The molecule has 0 N–H and O–H groups in total. The van der Waals surface area contributed by atoms with Gasteiger partial charge in [0, 0.05) is 6.42 Å². The predicted octanol–water partition coefficient (Wildman–Crippen LogP) is 10.4. The van der Waals surface area contributed by atoms with Crippen LogP contribution < -0.4 is 0 Å². The second-order valence-electron chi connectivity index (χ2n) is 10.5. The Labute approximate surface area is 196 Å². The first-order valence-electron chi connectivity index (χ1n) is 14.3. The Balaban J connectivity index is 3.75. The highest BCUT2D eigenvalue weighted by atomic mass is 16.1. The fraction of sp³-hybridized carbons (Fsp3) is 0.900. The summed E-state index contributed by atoms with van der Waals surface area (Å²) >= 11 is 0. The zero-order valence-electron chi connectivity index (χ0n) is 22.3. The van der Waals surface area contributed by atoms with E-state index in [1.807, 2.05) is 0 Å². The summed E-state index contributed by atoms with van der Waals surface area (Å²) in [5.41, 5.74) is 3.44. The summed E-state index contributed by atoms with van der Waals surface area (Å²) in [7, 11) is 0. The van der Waals surface area contributed by atoms with Crippen molar-refractivity contribution in [2.45, 2.75) is 164 Å². The minimum Gasteiger partial charge on any atom is -0.295 e. The first kappa shape index (κ1) is 28.4. The van der Waals surface area contributed by atoms with Gasteiger partial charge >= 0.3 is 0 Å². The van der Waals surface area contributed by atoms with Crippen molar-refractivity contribution in [1.29, 1.82) is 0 Å². The van der Waals surface area contributed by atoms with Gasteiger partial charge in [-0.2, -0.15) is 0 Å². The third kappa shape index (κ3) is 7.20. The third-order valence-electron chi connectivity index (χ3n) is 8.29. The summed E-state index contributed by atoms with van der Waals surface area (Å²) in [6.45, 7) is 14.0. The molecule has 0 heterocycles. The standard InChI is InChI=1S/C30H56O/c1-7-13-19-26-27(20-14-8-2)30(23-17-11-5,24-18-12-6)29(21-15-9-3,22-16-10-4)25-28(26)31/h7-25H2,1-6H3. The maximum absolute atomic E-state index is 13.8. The highest BCUT2D eigenvalue weighted by molar-refractivity contribution is 5.98. The van der Waals surface area contributed by atoms with E-state index >= 15 is 0 Å². The molecule has 31 heavy (non-hydrogen) atoms. The molecule has 1 nitrogen and oxygen atoms in total. The van der Waals surface area contributed by atoms with Crippen LogP contribution in [0.3, 0.4) is 0 Å². The smallest absolute Gasteiger partial charge is 0.159 e. The molecule has 0 saturated carbocycles. The quantitative estimate of drug-likeness (QED) is 0.210. The van der Waals surface area contributed by atoms with E-state index in [2.05, 4.69) is 41.5 Å². The van der Waals surface area contributed by atoms with Crippen molar-refractivity contribution in [2.24, 2.45) is 10.8 Å². The number of ketones is 1. The summed E-state index contributed by atoms with van der Waals surface area (Å²) in [6, 6.07) is 0. The SMILES string of the molecule is CCCCC1=C(CCCC)C(CCCC)(CCCC)C(CCCC)(CCCC)CC1=O. The van der Waals surface area contributed by atoms with Crippen LogP contribution in [-0.2, 0) is 4.79 Å². The van der Waals surface area contributed by atoms with Crippen molar-refractivity contribution in [3.8, 4) is 0 Å². The lowest BCUT2D eigenvalue weighted by molar-refractivity contribution is -0.124. The second-order valence-corrected chi connectivity index (χ2v) is 10.5. The van der Waals surface area contributed by atoms with Crippen LogP contribution in [0.15, 0.2) is 11.1 Å². The van der Waals surface area contributed by atoms with Gasteiger partial charge in [0.25, 0.3) is 0 Å². The zero-order valence-corrected chi connectivity index (χ0v) is 22.3. The Kier molecular flexibility index (Phi) is 14.0. The Morgan fingerprint density at radius 1 is 0.581 bits per heavy atom. The lowest BCUT2D eigenvalue weighted by atomic mass is 9.46. The van der Waals surface area contributed by atoms with Gasteiger partial charge in [0.05, 0.1) is 0 Å². The number of allylic oxidation sites excluding steroid dienone is 2. The van der Waals surface area contributed by atoms with E-state index < -0.39 is 0 Å². The number of hydrogen-bond acceptors (Lipinski definition) is 1. The van der Waals surface area contributed by atoms with Gasteiger partial charge < -0.3 is 0 Å². The molecule has 0 atom stereocenters. The van der Waals surface area contributed by atoms with Gasteiger partial charge in [0.2, 0.25) is 0 Å². The first-order chi connectivity index (χ1) is 15.0. The summed E-state index contributed by atoms with van der Waals surface area (Å²) in [5.74, 6) is 0.537. The maximum Gasteiger partial charge on any atom is 0.159 e. The van der Waals surface area contributed by atoms with Crippen LogP contribution in [0.1, 0.15) is 164 Å². The van der Waals surface area contributed by atoms with E-state index in [1.54, 1.807) is 5.57 Å². The van der Waals surface area contributed by atoms with E-state index in [4.69, 9.17) is 0 Å². The molecule has 1 aliphatic rings. The van der Waals surface area contributed by atoms with E-state index in [1.165, 1.54) is 115 Å². The van der Waals surface area contributed by atoms with Gasteiger partial charge in [-0.15, -0.1) is 0 Å². The molecule has 1 aliphatic carbocycles. The lowest BCUT2D eigenvalue weighted by Gasteiger charge is -2.57. The molecule has 0 spiro atoms. The van der Waals surface area contributed by atoms with Crippen molar-refractivity contribution >= 4 is 5.78 Å². The average molecular weight is 433 g/mol. The molecule has 0 bridgehead atoms. The summed E-state index contributed by atoms with van der Waals surface area (Å²) in [6.07, 6.45) is 23.3. The van der Waals surface area contributed by atoms with Crippen molar-refractivity contribution in [2.75, 3.05) is 0 Å². The van der Waals surface area contributed by atoms with Crippen LogP contribution in [0.4, 0.5) is 0 Å². The van der Waals surface area contributed by atoms with Crippen LogP contribution in [0.25, 0.3) is 0 Å². The third-order valence-corrected chi connectivity index (χ3v) is 8.29. The Morgan fingerprint density at radius 3 is 1.45 bits per heavy atom. The molecule has 1 rings (SSSR count). The molecule has 1 heteroatoms. The largest absolute Gasteiger partial charge is 0.295 e. The van der Waals surface area contributed by atoms with Gasteiger partial charge in [0.1, 0.15) is 0 Å². The van der Waals surface area contributed by atoms with Crippen LogP contribution in [0, 0.1) is 10.8 Å². The topological polar surface area (TPSA) is 17.1 Å². The molecule has 0 aromatic heterocycles. The minimum absolute atomic E-state index is 0.208. The summed E-state index contributed by atoms with van der Waals surface area (Å²) in [4.78, 5) is 13.8. The summed E-state index contributed by atoms with van der Waals surface area (Å²) < 4.78 is 0. The van der Waals surface area contributed by atoms with Gasteiger partial charge in [-0.3, -0.25) is 4.79 Å². The molecule has 0 aliphatic heterocycles. The second kappa shape index (κ2) is 15.3. The van der Waals surface area contributed by atoms with Crippen LogP contribution in [0.2, 0.25) is 0 Å². The van der Waals surface area contributed by atoms with Crippen molar-refractivity contribution in [1.82, 2.24) is 0 Å². The van der Waals surface area contributed by atoms with Crippen molar-refractivity contribution in [3.05, 3.63) is 11.1 Å². The van der Waals surface area contributed by atoms with Gasteiger partial charge in [-0.1, -0.05) is 111 Å². The molecule has 0 saturated heterocycles. The normalized spacial score (nSPS) is 18.1. The number of hydrogen-bond donors (Lipinski definition) is 0. The fourth-order valence-corrected chi connectivity index (χ4v) is 6.47. The molecule has 0 amide bonds. The Morgan fingerprint density at radius 2 is 1.00 bits per heavy atom. The molecule has 0 aromatic rings. The maximum atomic E-state index is 13.8. The predicted molar refractivity (Wildman–Crippen MR) is 139 cm³/mol. The fourth-order valence-electron chi connectivity index (χ4n) is 6.47. The van der Waals surface area contributed by atoms with E-state index in [9.17, 15) is 4.79 Å². The average Bonchev–Trinajstić information content (AvgIpc) is 2.78. The molecule has 182 valence electrons. The molecule has 0 fully saturated rings. The molecule has 0 aromatic carbocycles. The molecule has 0 radical (unpaired) electrons. The van der Waals surface area contributed by atoms with E-state index in [0.29, 0.717) is 5.78 Å². The summed E-state index contributed by atoms with van der Waals surface area (Å²) in [5, 5.41) is 0. The Bertz CT molecular complexity index is 511. The molecular weight excluding hydrogens is 376 g/mol. The van der Waals surface area contributed by atoms with Crippen LogP contribution in [0.5, 0.6) is 0 Å². The molecule has 0 unspecified atom stereocenters. The van der Waals surface area contributed by atoms with E-state index in [-0.39, 0.29) is 10.8 Å². The number of rotatable bonds is 18. The number of unbranched alkanes of at least 4 members (excludes halogenated alkanes) is 6. The van der Waals surface area contributed by atoms with Crippen LogP contribution in [-0.4, -0.2) is 5.78 Å². The zero-order chi connectivity index (χ0) is 23.2. The van der Waals surface area contributed by atoms with Gasteiger partial charge in [0.15, 0.2) is 5.78 Å². The van der Waals surface area contributed by atoms with Crippen molar-refractivity contribution < 1.29 is 4.79 Å². The monoisotopic (exact) mass is 432 g/mol. The highest BCUT2D eigenvalue weighted by Gasteiger charge is 2.55. The highest BCUT2D eigenvalue weighted by Crippen LogP contribution is 2.63. The minimum atomic E-state index is 0.208. The lowest BCUT2D eigenvalue weighted by Crippen LogP contribution is -2.49. The van der Waals surface area contributed by atoms with E-state index in [0.717, 1.165) is 12.8 Å². The molecular formula is C30H56O. The van der Waals surface area contributed by atoms with Crippen molar-refractivity contribution in [3.63, 3.8) is 0 Å². The van der Waals surface area contributed by atoms with Gasteiger partial charge in [-0.25, -0.2) is 0 Å². The number of carbonyl (C=O) groups excluding carboxylic acids is 1. The van der Waals surface area contributed by atoms with Crippen LogP contribution >= 0.6 is 0 Å².